The number of ether oxygens (including phenoxy) is 2. The number of oxazole rings is 1. The van der Waals surface area contributed by atoms with Crippen molar-refractivity contribution in [3.8, 4) is 5.75 Å². The van der Waals surface area contributed by atoms with E-state index in [-0.39, 0.29) is 30.1 Å². The molecule has 1 N–H and O–H groups in total. The maximum absolute atomic E-state index is 12.4. The number of hydrogen-bond donors (Lipinski definition) is 1. The van der Waals surface area contributed by atoms with Crippen molar-refractivity contribution in [3.05, 3.63) is 63.1 Å². The van der Waals surface area contributed by atoms with Gasteiger partial charge in [-0.15, -0.1) is 0 Å². The molecule has 1 unspecified atom stereocenters. The van der Waals surface area contributed by atoms with E-state index in [1.54, 1.807) is 24.3 Å². The zero-order valence-corrected chi connectivity index (χ0v) is 16.7. The number of aromatic nitrogens is 1. The number of esters is 1. The molecule has 3 rings (SSSR count). The highest BCUT2D eigenvalue weighted by molar-refractivity contribution is 5.96. The molecule has 0 saturated carbocycles. The zero-order valence-electron chi connectivity index (χ0n) is 16.7. The molecule has 1 amide bonds. The predicted molar refractivity (Wildman–Crippen MR) is 109 cm³/mol. The maximum Gasteiger partial charge on any atom is 0.419 e. The largest absolute Gasteiger partial charge is 0.495 e. The van der Waals surface area contributed by atoms with Crippen LogP contribution in [0.5, 0.6) is 5.75 Å². The molecule has 0 radical (unpaired) electrons. The van der Waals surface area contributed by atoms with Crippen molar-refractivity contribution in [2.75, 3.05) is 12.4 Å². The number of non-ortho nitro benzene ring substituents is 1. The first-order chi connectivity index (χ1) is 14.8. The Kier molecular flexibility index (Phi) is 6.34. The van der Waals surface area contributed by atoms with Crippen LogP contribution in [0.2, 0.25) is 0 Å². The Balaban J connectivity index is 1.61. The SMILES string of the molecule is COc1ccc([N+](=O)[O-])cc1NC(=O)C(C)OC(=O)CCn1c(=O)oc2ccccc21. The molecule has 0 aliphatic carbocycles. The number of para-hydroxylation sites is 2. The smallest absolute Gasteiger partial charge is 0.419 e. The molecule has 1 atom stereocenters. The van der Waals surface area contributed by atoms with Gasteiger partial charge in [0.15, 0.2) is 11.7 Å². The standard InChI is InChI=1S/C20H19N3O8/c1-12(19(25)21-14-11-13(23(27)28)7-8-16(14)29-2)30-18(24)9-10-22-15-5-3-4-6-17(15)31-20(22)26/h3-8,11-12H,9-10H2,1-2H3,(H,21,25). The van der Waals surface area contributed by atoms with Crippen LogP contribution in [0, 0.1) is 10.1 Å². The molecule has 0 bridgehead atoms. The van der Waals surface area contributed by atoms with Crippen LogP contribution in [0.3, 0.4) is 0 Å². The van der Waals surface area contributed by atoms with Crippen LogP contribution in [0.4, 0.5) is 11.4 Å². The summed E-state index contributed by atoms with van der Waals surface area (Å²) in [6, 6.07) is 10.5. The highest BCUT2D eigenvalue weighted by Crippen LogP contribution is 2.29. The van der Waals surface area contributed by atoms with E-state index in [0.717, 1.165) is 6.07 Å². The molecule has 162 valence electrons. The van der Waals surface area contributed by atoms with Gasteiger partial charge in [-0.25, -0.2) is 4.79 Å². The Morgan fingerprint density at radius 3 is 2.71 bits per heavy atom. The maximum atomic E-state index is 12.4. The number of amides is 1. The molecule has 3 aromatic rings. The molecule has 0 saturated heterocycles. The fourth-order valence-corrected chi connectivity index (χ4v) is 2.88. The molecule has 0 aliphatic rings. The van der Waals surface area contributed by atoms with Gasteiger partial charge in [0.25, 0.3) is 11.6 Å². The van der Waals surface area contributed by atoms with Crippen LogP contribution in [0.15, 0.2) is 51.7 Å². The number of carbonyl (C=O) groups is 2. The number of carbonyl (C=O) groups excluding carboxylic acids is 2. The Morgan fingerprint density at radius 2 is 2.00 bits per heavy atom. The van der Waals surface area contributed by atoms with Crippen LogP contribution < -0.4 is 15.8 Å². The second-order valence-electron chi connectivity index (χ2n) is 6.50. The van der Waals surface area contributed by atoms with Crippen LogP contribution in [-0.4, -0.2) is 34.6 Å². The van der Waals surface area contributed by atoms with Gasteiger partial charge in [-0.05, 0) is 25.1 Å². The number of nitro benzene ring substituents is 1. The number of anilines is 1. The highest BCUT2D eigenvalue weighted by atomic mass is 16.6. The van der Waals surface area contributed by atoms with Crippen molar-refractivity contribution in [3.63, 3.8) is 0 Å². The minimum absolute atomic E-state index is 0.0156. The predicted octanol–water partition coefficient (Wildman–Crippen LogP) is 2.47. The lowest BCUT2D eigenvalue weighted by molar-refractivity contribution is -0.384. The fraction of sp³-hybridized carbons (Fsp3) is 0.250. The van der Waals surface area contributed by atoms with Gasteiger partial charge in [-0.1, -0.05) is 12.1 Å². The summed E-state index contributed by atoms with van der Waals surface area (Å²) < 4.78 is 16.6. The van der Waals surface area contributed by atoms with Crippen LogP contribution in [0.25, 0.3) is 11.1 Å². The van der Waals surface area contributed by atoms with Gasteiger partial charge < -0.3 is 19.2 Å². The minimum atomic E-state index is -1.19. The Hall–Kier alpha value is -4.15. The minimum Gasteiger partial charge on any atom is -0.495 e. The number of methoxy groups -OCH3 is 1. The molecule has 31 heavy (non-hydrogen) atoms. The molecule has 1 heterocycles. The lowest BCUT2D eigenvalue weighted by atomic mass is 10.2. The van der Waals surface area contributed by atoms with Gasteiger partial charge in [0.1, 0.15) is 5.75 Å². The summed E-state index contributed by atoms with van der Waals surface area (Å²) >= 11 is 0. The van der Waals surface area contributed by atoms with Gasteiger partial charge >= 0.3 is 11.7 Å². The third-order valence-electron chi connectivity index (χ3n) is 4.44. The molecule has 1 aromatic heterocycles. The summed E-state index contributed by atoms with van der Waals surface area (Å²) in [5.41, 5.74) is 0.780. The number of hydrogen-bond acceptors (Lipinski definition) is 8. The lowest BCUT2D eigenvalue weighted by Crippen LogP contribution is -2.30. The van der Waals surface area contributed by atoms with E-state index in [2.05, 4.69) is 5.32 Å². The Morgan fingerprint density at radius 1 is 1.26 bits per heavy atom. The summed E-state index contributed by atoms with van der Waals surface area (Å²) in [4.78, 5) is 46.8. The quantitative estimate of drug-likeness (QED) is 0.327. The van der Waals surface area contributed by atoms with E-state index in [4.69, 9.17) is 13.9 Å². The van der Waals surface area contributed by atoms with Crippen molar-refractivity contribution < 1.29 is 28.4 Å². The van der Waals surface area contributed by atoms with Crippen LogP contribution in [0.1, 0.15) is 13.3 Å². The number of nitrogens with zero attached hydrogens (tertiary/aromatic N) is 2. The Bertz CT molecular complexity index is 1200. The number of rotatable bonds is 8. The first kappa shape index (κ1) is 21.6. The zero-order chi connectivity index (χ0) is 22.5. The molecule has 11 heteroatoms. The van der Waals surface area contributed by atoms with Gasteiger partial charge in [-0.3, -0.25) is 24.3 Å². The lowest BCUT2D eigenvalue weighted by Gasteiger charge is -2.15. The molecule has 0 spiro atoms. The average molecular weight is 429 g/mol. The van der Waals surface area contributed by atoms with Crippen molar-refractivity contribution >= 4 is 34.4 Å². The van der Waals surface area contributed by atoms with Crippen LogP contribution >= 0.6 is 0 Å². The number of nitrogens with one attached hydrogen (secondary N) is 1. The van der Waals surface area contributed by atoms with Gasteiger partial charge in [0.05, 0.1) is 29.7 Å². The van der Waals surface area contributed by atoms with E-state index in [0.29, 0.717) is 11.1 Å². The highest BCUT2D eigenvalue weighted by Gasteiger charge is 2.21. The summed E-state index contributed by atoms with van der Waals surface area (Å²) in [5, 5.41) is 13.4. The number of nitro groups is 1. The summed E-state index contributed by atoms with van der Waals surface area (Å²) in [5.74, 6) is -1.79. The fourth-order valence-electron chi connectivity index (χ4n) is 2.88. The number of aryl methyl sites for hydroxylation is 1. The molecular weight excluding hydrogens is 410 g/mol. The van der Waals surface area contributed by atoms with Gasteiger partial charge in [-0.2, -0.15) is 0 Å². The van der Waals surface area contributed by atoms with E-state index >= 15 is 0 Å². The molecule has 2 aromatic carbocycles. The first-order valence-electron chi connectivity index (χ1n) is 9.21. The second kappa shape index (κ2) is 9.11. The van der Waals surface area contributed by atoms with Crippen molar-refractivity contribution in [2.45, 2.75) is 26.0 Å². The molecule has 0 fully saturated rings. The van der Waals surface area contributed by atoms with E-state index in [1.807, 2.05) is 0 Å². The molecule has 11 nitrogen and oxygen atoms in total. The summed E-state index contributed by atoms with van der Waals surface area (Å²) in [7, 11) is 1.35. The first-order valence-corrected chi connectivity index (χ1v) is 9.21. The number of fused-ring (bicyclic) bond motifs is 1. The second-order valence-corrected chi connectivity index (χ2v) is 6.50. The van der Waals surface area contributed by atoms with Gasteiger partial charge in [0.2, 0.25) is 0 Å². The van der Waals surface area contributed by atoms with E-state index < -0.39 is 28.7 Å². The number of benzene rings is 2. The molecule has 0 aliphatic heterocycles. The van der Waals surface area contributed by atoms with Crippen molar-refractivity contribution in [1.29, 1.82) is 0 Å². The molecular formula is C20H19N3O8. The Labute approximate surface area is 175 Å². The van der Waals surface area contributed by atoms with E-state index in [9.17, 15) is 24.5 Å². The topological polar surface area (TPSA) is 143 Å². The van der Waals surface area contributed by atoms with E-state index in [1.165, 1.54) is 30.7 Å². The van der Waals surface area contributed by atoms with Gasteiger partial charge in [0, 0.05) is 18.7 Å². The van der Waals surface area contributed by atoms with Crippen LogP contribution in [-0.2, 0) is 20.9 Å². The normalized spacial score (nSPS) is 11.7. The monoisotopic (exact) mass is 429 g/mol. The summed E-state index contributed by atoms with van der Waals surface area (Å²) in [6.07, 6.45) is -1.35. The third kappa shape index (κ3) is 4.89. The van der Waals surface area contributed by atoms with Crippen molar-refractivity contribution in [2.24, 2.45) is 0 Å². The van der Waals surface area contributed by atoms with Crippen molar-refractivity contribution in [1.82, 2.24) is 4.57 Å². The summed E-state index contributed by atoms with van der Waals surface area (Å²) in [6.45, 7) is 1.37. The average Bonchev–Trinajstić information content (AvgIpc) is 3.06. The third-order valence-corrected chi connectivity index (χ3v) is 4.44.